The van der Waals surface area contributed by atoms with Crippen LogP contribution < -0.4 is 0 Å². The number of benzene rings is 1. The van der Waals surface area contributed by atoms with E-state index in [9.17, 15) is 4.79 Å². The molecule has 3 heteroatoms. The predicted octanol–water partition coefficient (Wildman–Crippen LogP) is 3.44. The molecule has 1 aromatic carbocycles. The highest BCUT2D eigenvalue weighted by Crippen LogP contribution is 2.16. The summed E-state index contributed by atoms with van der Waals surface area (Å²) in [5.74, 6) is 0.709. The van der Waals surface area contributed by atoms with Crippen LogP contribution in [0, 0.1) is 0 Å². The quantitative estimate of drug-likeness (QED) is 0.484. The Morgan fingerprint density at radius 1 is 1.29 bits per heavy atom. The van der Waals surface area contributed by atoms with E-state index in [4.69, 9.17) is 5.21 Å². The highest BCUT2D eigenvalue weighted by atomic mass is 16.5. The summed E-state index contributed by atoms with van der Waals surface area (Å²) in [4.78, 5) is 9.57. The van der Waals surface area contributed by atoms with Crippen LogP contribution in [0.25, 0.3) is 0 Å². The summed E-state index contributed by atoms with van der Waals surface area (Å²) in [5.41, 5.74) is 1.45. The van der Waals surface area contributed by atoms with Gasteiger partial charge in [0.15, 0.2) is 0 Å². The van der Waals surface area contributed by atoms with Crippen LogP contribution in [0.3, 0.4) is 0 Å². The van der Waals surface area contributed by atoms with Gasteiger partial charge in [-0.15, -0.1) is 0 Å². The number of rotatable bonds is 5. The van der Waals surface area contributed by atoms with Crippen LogP contribution in [0.4, 0.5) is 0 Å². The number of amides is 1. The topological polar surface area (TPSA) is 40.5 Å². The van der Waals surface area contributed by atoms with Crippen molar-refractivity contribution in [2.75, 3.05) is 6.54 Å². The molecule has 0 aromatic heterocycles. The van der Waals surface area contributed by atoms with Crippen molar-refractivity contribution in [2.45, 2.75) is 39.5 Å². The molecule has 0 spiro atoms. The van der Waals surface area contributed by atoms with Crippen LogP contribution in [-0.2, 0) is 4.79 Å². The normalized spacial score (nSPS) is 11.1. The number of hydrogen-bond donors (Lipinski definition) is 1. The molecule has 0 fully saturated rings. The Balaban J connectivity index is 0.000000325. The van der Waals surface area contributed by atoms with Crippen molar-refractivity contribution in [3.63, 3.8) is 0 Å². The highest BCUT2D eigenvalue weighted by molar-refractivity contribution is 5.44. The third-order valence-corrected chi connectivity index (χ3v) is 2.56. The van der Waals surface area contributed by atoms with E-state index in [-0.39, 0.29) is 0 Å². The lowest BCUT2D eigenvalue weighted by Gasteiger charge is -2.06. The van der Waals surface area contributed by atoms with Crippen LogP contribution in [0.1, 0.15) is 45.1 Å². The van der Waals surface area contributed by atoms with Crippen molar-refractivity contribution < 1.29 is 10.0 Å². The lowest BCUT2D eigenvalue weighted by Crippen LogP contribution is -2.16. The summed E-state index contributed by atoms with van der Waals surface area (Å²) >= 11 is 0. The zero-order chi connectivity index (χ0) is 13.1. The molecule has 96 valence electrons. The molecular formula is C14H23NO2. The lowest BCUT2D eigenvalue weighted by atomic mass is 9.99. The highest BCUT2D eigenvalue weighted by Gasteiger charge is 1.98. The number of hydrogen-bond acceptors (Lipinski definition) is 2. The maximum atomic E-state index is 9.57. The summed E-state index contributed by atoms with van der Waals surface area (Å²) in [6.07, 6.45) is 2.41. The molecule has 17 heavy (non-hydrogen) atoms. The maximum absolute atomic E-state index is 9.57. The van der Waals surface area contributed by atoms with E-state index in [0.29, 0.717) is 23.9 Å². The number of nitrogens with zero attached hydrogens (tertiary/aromatic N) is 1. The fourth-order valence-electron chi connectivity index (χ4n) is 1.30. The predicted molar refractivity (Wildman–Crippen MR) is 70.0 cm³/mol. The molecule has 0 saturated carbocycles. The van der Waals surface area contributed by atoms with Crippen molar-refractivity contribution in [2.24, 2.45) is 0 Å². The molecule has 0 saturated heterocycles. The van der Waals surface area contributed by atoms with Crippen LogP contribution in [0.15, 0.2) is 30.3 Å². The average molecular weight is 237 g/mol. The van der Waals surface area contributed by atoms with E-state index >= 15 is 0 Å². The van der Waals surface area contributed by atoms with Gasteiger partial charge in [-0.2, -0.15) is 0 Å². The van der Waals surface area contributed by atoms with Gasteiger partial charge < -0.3 is 0 Å². The summed E-state index contributed by atoms with van der Waals surface area (Å²) in [7, 11) is 0. The van der Waals surface area contributed by atoms with E-state index < -0.39 is 0 Å². The van der Waals surface area contributed by atoms with Gasteiger partial charge >= 0.3 is 0 Å². The minimum absolute atomic E-state index is 0.392. The Hall–Kier alpha value is -1.35. The maximum Gasteiger partial charge on any atom is 0.233 e. The van der Waals surface area contributed by atoms with Crippen molar-refractivity contribution >= 4 is 6.41 Å². The van der Waals surface area contributed by atoms with E-state index in [0.717, 1.165) is 6.42 Å². The van der Waals surface area contributed by atoms with Gasteiger partial charge in [0.25, 0.3) is 0 Å². The minimum atomic E-state index is 0.392. The van der Waals surface area contributed by atoms with Crippen LogP contribution in [0.2, 0.25) is 0 Å². The van der Waals surface area contributed by atoms with Gasteiger partial charge in [-0.1, -0.05) is 51.1 Å². The molecule has 1 N–H and O–H groups in total. The summed E-state index contributed by atoms with van der Waals surface area (Å²) < 4.78 is 0. The molecule has 1 amide bonds. The Morgan fingerprint density at radius 3 is 2.24 bits per heavy atom. The second-order valence-corrected chi connectivity index (χ2v) is 3.99. The molecule has 0 bridgehead atoms. The van der Waals surface area contributed by atoms with Crippen LogP contribution in [0.5, 0.6) is 0 Å². The van der Waals surface area contributed by atoms with Gasteiger partial charge in [0.2, 0.25) is 6.41 Å². The zero-order valence-corrected chi connectivity index (χ0v) is 11.0. The standard InChI is InChI=1S/C10H14.C4H9NO2/c1-3-9(2)10-7-5-4-6-8-10;1-2-3-5(7)4-6/h4-9H,3H2,1-2H3;4,7H,2-3H2,1H3. The molecule has 0 heterocycles. The van der Waals surface area contributed by atoms with E-state index in [1.54, 1.807) is 0 Å². The molecule has 0 aliphatic heterocycles. The van der Waals surface area contributed by atoms with Crippen molar-refractivity contribution in [3.8, 4) is 0 Å². The molecule has 0 radical (unpaired) electrons. The second-order valence-electron chi connectivity index (χ2n) is 3.99. The van der Waals surface area contributed by atoms with Gasteiger partial charge in [0.1, 0.15) is 0 Å². The minimum Gasteiger partial charge on any atom is -0.286 e. The third kappa shape index (κ3) is 7.53. The monoisotopic (exact) mass is 237 g/mol. The van der Waals surface area contributed by atoms with Gasteiger partial charge in [-0.05, 0) is 24.3 Å². The fourth-order valence-corrected chi connectivity index (χ4v) is 1.30. The Morgan fingerprint density at radius 2 is 1.88 bits per heavy atom. The molecule has 1 unspecified atom stereocenters. The molecule has 0 aliphatic carbocycles. The van der Waals surface area contributed by atoms with Crippen molar-refractivity contribution in [3.05, 3.63) is 35.9 Å². The Labute approximate surface area is 104 Å². The van der Waals surface area contributed by atoms with Gasteiger partial charge in [-0.3, -0.25) is 10.0 Å². The first-order chi connectivity index (χ1) is 8.15. The van der Waals surface area contributed by atoms with Crippen LogP contribution >= 0.6 is 0 Å². The van der Waals surface area contributed by atoms with Gasteiger partial charge in [0, 0.05) is 6.54 Å². The van der Waals surface area contributed by atoms with Crippen molar-refractivity contribution in [1.82, 2.24) is 5.06 Å². The number of carbonyl (C=O) groups is 1. The van der Waals surface area contributed by atoms with E-state index in [1.165, 1.54) is 12.0 Å². The summed E-state index contributed by atoms with van der Waals surface area (Å²) in [5, 5.41) is 8.95. The first-order valence-corrected chi connectivity index (χ1v) is 6.11. The van der Waals surface area contributed by atoms with Crippen molar-refractivity contribution in [1.29, 1.82) is 0 Å². The fraction of sp³-hybridized carbons (Fsp3) is 0.500. The number of hydroxylamine groups is 2. The number of carbonyl (C=O) groups excluding carboxylic acids is 1. The third-order valence-electron chi connectivity index (χ3n) is 2.56. The summed E-state index contributed by atoms with van der Waals surface area (Å²) in [6.45, 7) is 6.78. The summed E-state index contributed by atoms with van der Waals surface area (Å²) in [6, 6.07) is 10.6. The smallest absolute Gasteiger partial charge is 0.233 e. The molecular weight excluding hydrogens is 214 g/mol. The SMILES string of the molecule is CCC(C)c1ccccc1.CCCN(O)C=O. The largest absolute Gasteiger partial charge is 0.286 e. The molecule has 1 rings (SSSR count). The first-order valence-electron chi connectivity index (χ1n) is 6.11. The van der Waals surface area contributed by atoms with E-state index in [2.05, 4.69) is 44.2 Å². The Kier molecular flexibility index (Phi) is 9.06. The molecule has 0 aliphatic rings. The van der Waals surface area contributed by atoms with Crippen LogP contribution in [-0.4, -0.2) is 23.2 Å². The molecule has 1 aromatic rings. The zero-order valence-electron chi connectivity index (χ0n) is 11.0. The van der Waals surface area contributed by atoms with Gasteiger partial charge in [-0.25, -0.2) is 5.06 Å². The second kappa shape index (κ2) is 9.85. The van der Waals surface area contributed by atoms with E-state index in [1.807, 2.05) is 6.92 Å². The molecule has 1 atom stereocenters. The first kappa shape index (κ1) is 15.7. The van der Waals surface area contributed by atoms with Gasteiger partial charge in [0.05, 0.1) is 0 Å². The average Bonchev–Trinajstić information content (AvgIpc) is 2.39. The lowest BCUT2D eigenvalue weighted by molar-refractivity contribution is -0.149. The molecule has 3 nitrogen and oxygen atoms in total. The Bertz CT molecular complexity index is 288.